The third-order valence-electron chi connectivity index (χ3n) is 9.80. The van der Waals surface area contributed by atoms with Gasteiger partial charge in [0.1, 0.15) is 52.9 Å². The molecule has 4 aliphatic heterocycles. The molecule has 9 nitrogen and oxygen atoms in total. The van der Waals surface area contributed by atoms with Crippen molar-refractivity contribution in [2.75, 3.05) is 44.9 Å². The number of nitrogens with zero attached hydrogens (tertiary/aromatic N) is 5. The number of rotatable bonds is 5. The van der Waals surface area contributed by atoms with Crippen LogP contribution in [0.25, 0.3) is 32.9 Å². The van der Waals surface area contributed by atoms with E-state index in [1.54, 1.807) is 6.07 Å². The van der Waals surface area contributed by atoms with Gasteiger partial charge in [-0.2, -0.15) is 9.97 Å². The summed E-state index contributed by atoms with van der Waals surface area (Å²) in [6, 6.07) is 5.52. The maximum atomic E-state index is 16.9. The van der Waals surface area contributed by atoms with Crippen LogP contribution < -0.4 is 14.4 Å². The first-order chi connectivity index (χ1) is 21.3. The second-order valence-corrected chi connectivity index (χ2v) is 12.3. The van der Waals surface area contributed by atoms with E-state index in [9.17, 15) is 9.50 Å². The lowest BCUT2D eigenvalue weighted by Crippen LogP contribution is -2.44. The monoisotopic (exact) mass is 607 g/mol. The van der Waals surface area contributed by atoms with E-state index in [1.165, 1.54) is 18.2 Å². The topological polar surface area (TPSA) is 93.1 Å². The van der Waals surface area contributed by atoms with Crippen molar-refractivity contribution in [1.82, 2.24) is 19.9 Å². The van der Waals surface area contributed by atoms with Crippen molar-refractivity contribution < 1.29 is 32.5 Å². The molecule has 12 heteroatoms. The normalized spacial score (nSPS) is 26.2. The quantitative estimate of drug-likeness (QED) is 0.339. The second-order valence-electron chi connectivity index (χ2n) is 12.3. The van der Waals surface area contributed by atoms with Gasteiger partial charge in [-0.15, -0.1) is 0 Å². The highest BCUT2D eigenvalue weighted by Gasteiger charge is 2.49. The van der Waals surface area contributed by atoms with Crippen LogP contribution in [0.2, 0.25) is 0 Å². The van der Waals surface area contributed by atoms with Crippen molar-refractivity contribution in [3.8, 4) is 28.9 Å². The van der Waals surface area contributed by atoms with Gasteiger partial charge in [-0.1, -0.05) is 13.0 Å². The van der Waals surface area contributed by atoms with Gasteiger partial charge in [-0.3, -0.25) is 4.90 Å². The molecule has 8 rings (SSSR count). The van der Waals surface area contributed by atoms with Crippen LogP contribution in [0.15, 0.2) is 24.3 Å². The number of phenols is 1. The lowest BCUT2D eigenvalue weighted by Gasteiger charge is -2.31. The third-order valence-corrected chi connectivity index (χ3v) is 9.80. The summed E-state index contributed by atoms with van der Waals surface area (Å²) in [6.45, 7) is 3.85. The molecule has 4 aliphatic rings. The lowest BCUT2D eigenvalue weighted by molar-refractivity contribution is 0.107. The lowest BCUT2D eigenvalue weighted by atomic mass is 9.94. The number of pyridine rings is 1. The highest BCUT2D eigenvalue weighted by Crippen LogP contribution is 2.45. The minimum atomic E-state index is -0.924. The second kappa shape index (κ2) is 10.1. The summed E-state index contributed by atoms with van der Waals surface area (Å²) in [6.07, 6.45) is 1.13. The molecule has 3 fully saturated rings. The number of ether oxygens (including phenoxy) is 3. The summed E-state index contributed by atoms with van der Waals surface area (Å²) in [5.41, 5.74) is -0.0554. The number of likely N-dealkylation sites (N-methyl/N-ethyl adjacent to an activating group) is 1. The van der Waals surface area contributed by atoms with Crippen LogP contribution in [-0.2, 0) is 11.2 Å². The molecule has 3 saturated heterocycles. The fraction of sp³-hybridized carbons (Fsp3) is 0.469. The number of aryl methyl sites for hydroxylation is 1. The SMILES string of the molecule is CCc1c(F)ccc2cc(O)cc(-c3nc4c5c(nc(OC[C@@]67CCCN6C[C@H](F)C7)nc5c3F)N(C)C3COCC3O4)c12. The number of benzene rings is 2. The number of aromatic nitrogens is 3. The maximum absolute atomic E-state index is 16.9. The van der Waals surface area contributed by atoms with E-state index in [0.29, 0.717) is 54.8 Å². The number of hydrogen-bond donors (Lipinski definition) is 1. The zero-order valence-electron chi connectivity index (χ0n) is 24.4. The molecule has 44 heavy (non-hydrogen) atoms. The van der Waals surface area contributed by atoms with Gasteiger partial charge in [-0.25, -0.2) is 18.2 Å². The molecule has 0 spiro atoms. The fourth-order valence-corrected chi connectivity index (χ4v) is 7.66. The van der Waals surface area contributed by atoms with Gasteiger partial charge >= 0.3 is 6.01 Å². The minimum Gasteiger partial charge on any atom is -0.508 e. The summed E-state index contributed by atoms with van der Waals surface area (Å²) in [4.78, 5) is 17.9. The molecule has 0 saturated carbocycles. The molecule has 2 aromatic heterocycles. The van der Waals surface area contributed by atoms with Gasteiger partial charge in [0, 0.05) is 25.6 Å². The molecule has 0 aliphatic carbocycles. The van der Waals surface area contributed by atoms with Crippen molar-refractivity contribution in [1.29, 1.82) is 0 Å². The Bertz CT molecular complexity index is 1830. The average molecular weight is 608 g/mol. The van der Waals surface area contributed by atoms with Crippen molar-refractivity contribution in [2.45, 2.75) is 56.5 Å². The Balaban J connectivity index is 1.33. The summed E-state index contributed by atoms with van der Waals surface area (Å²) in [5.74, 6) is -0.828. The number of hydrogen-bond acceptors (Lipinski definition) is 9. The Hall–Kier alpha value is -3.90. The smallest absolute Gasteiger partial charge is 0.319 e. The average Bonchev–Trinajstić information content (AvgIpc) is 3.69. The Morgan fingerprint density at radius 3 is 2.84 bits per heavy atom. The molecule has 4 aromatic rings. The summed E-state index contributed by atoms with van der Waals surface area (Å²) in [5, 5.41) is 11.9. The number of fused-ring (bicyclic) bond motifs is 3. The molecule has 1 N–H and O–H groups in total. The van der Waals surface area contributed by atoms with Crippen molar-refractivity contribution in [3.63, 3.8) is 0 Å². The van der Waals surface area contributed by atoms with Gasteiger partial charge in [-0.05, 0) is 60.3 Å². The maximum Gasteiger partial charge on any atom is 0.319 e. The van der Waals surface area contributed by atoms with Crippen LogP contribution in [0.5, 0.6) is 17.6 Å². The molecule has 6 heterocycles. The number of halogens is 3. The fourth-order valence-electron chi connectivity index (χ4n) is 7.66. The summed E-state index contributed by atoms with van der Waals surface area (Å²) >= 11 is 0. The number of alkyl halides is 1. The van der Waals surface area contributed by atoms with E-state index in [-0.39, 0.29) is 52.4 Å². The van der Waals surface area contributed by atoms with Crippen LogP contribution in [0.1, 0.15) is 31.7 Å². The molecule has 2 unspecified atom stereocenters. The molecule has 0 amide bonds. The van der Waals surface area contributed by atoms with Gasteiger partial charge < -0.3 is 24.2 Å². The van der Waals surface area contributed by atoms with Gasteiger partial charge in [0.15, 0.2) is 5.82 Å². The number of aromatic hydroxyl groups is 1. The van der Waals surface area contributed by atoms with Crippen LogP contribution in [0.4, 0.5) is 19.0 Å². The van der Waals surface area contributed by atoms with E-state index in [1.807, 2.05) is 18.9 Å². The molecular weight excluding hydrogens is 575 g/mol. The van der Waals surface area contributed by atoms with E-state index in [0.717, 1.165) is 19.4 Å². The van der Waals surface area contributed by atoms with Gasteiger partial charge in [0.25, 0.3) is 0 Å². The molecule has 230 valence electrons. The number of phenolic OH excluding ortho intramolecular Hbond substituents is 1. The van der Waals surface area contributed by atoms with Crippen molar-refractivity contribution in [2.24, 2.45) is 0 Å². The molecule has 2 aromatic carbocycles. The summed E-state index contributed by atoms with van der Waals surface area (Å²) < 4.78 is 64.6. The molecule has 0 bridgehead atoms. The zero-order chi connectivity index (χ0) is 30.3. The predicted molar refractivity (Wildman–Crippen MR) is 157 cm³/mol. The Morgan fingerprint density at radius 1 is 1.14 bits per heavy atom. The highest BCUT2D eigenvalue weighted by atomic mass is 19.1. The Morgan fingerprint density at radius 2 is 2.00 bits per heavy atom. The summed E-state index contributed by atoms with van der Waals surface area (Å²) in [7, 11) is 1.84. The molecular formula is C32H32F3N5O4. The standard InChI is InChI=1S/C32H32F3N5O4/c1-3-19-21(34)6-5-16-9-18(41)10-20(24(16)19)27-26(35)28-25-29(39(2)22-13-42-14-23(22)44-30(25)36-27)38-31(37-28)43-15-32-7-4-8-40(32)12-17(33)11-32/h5-6,9-10,17,22-23,41H,3-4,7-8,11-15H2,1-2H3/t17-,22?,23?,32+/m1/s1. The Labute approximate surface area is 251 Å². The third kappa shape index (κ3) is 4.10. The van der Waals surface area contributed by atoms with E-state index < -0.39 is 29.4 Å². The first-order valence-corrected chi connectivity index (χ1v) is 15.1. The van der Waals surface area contributed by atoms with Crippen LogP contribution in [0.3, 0.4) is 0 Å². The van der Waals surface area contributed by atoms with Gasteiger partial charge in [0.2, 0.25) is 5.88 Å². The van der Waals surface area contributed by atoms with E-state index in [2.05, 4.69) is 14.9 Å². The first-order valence-electron chi connectivity index (χ1n) is 15.1. The van der Waals surface area contributed by atoms with Crippen LogP contribution in [-0.4, -0.2) is 88.8 Å². The van der Waals surface area contributed by atoms with Crippen LogP contribution in [0, 0.1) is 11.6 Å². The molecule has 0 radical (unpaired) electrons. The van der Waals surface area contributed by atoms with Crippen LogP contribution >= 0.6 is 0 Å². The largest absolute Gasteiger partial charge is 0.508 e. The first kappa shape index (κ1) is 27.6. The Kier molecular flexibility index (Phi) is 6.32. The minimum absolute atomic E-state index is 0.0386. The van der Waals surface area contributed by atoms with Crippen molar-refractivity contribution in [3.05, 3.63) is 41.5 Å². The van der Waals surface area contributed by atoms with E-state index in [4.69, 9.17) is 19.2 Å². The molecule has 4 atom stereocenters. The highest BCUT2D eigenvalue weighted by molar-refractivity contribution is 6.03. The zero-order valence-corrected chi connectivity index (χ0v) is 24.4. The van der Waals surface area contributed by atoms with E-state index >= 15 is 8.78 Å². The number of anilines is 1. The van der Waals surface area contributed by atoms with Crippen molar-refractivity contribution >= 4 is 27.5 Å². The predicted octanol–water partition coefficient (Wildman–Crippen LogP) is 4.94. The van der Waals surface area contributed by atoms with Gasteiger partial charge in [0.05, 0.1) is 24.8 Å².